The first kappa shape index (κ1) is 15.3. The Morgan fingerprint density at radius 1 is 1.22 bits per heavy atom. The summed E-state index contributed by atoms with van der Waals surface area (Å²) in [6.45, 7) is 0.286. The van der Waals surface area contributed by atoms with Crippen LogP contribution in [-0.4, -0.2) is 38.7 Å². The zero-order valence-electron chi connectivity index (χ0n) is 10.5. The third-order valence-corrected chi connectivity index (χ3v) is 5.56. The van der Waals surface area contributed by atoms with Gasteiger partial charge < -0.3 is 9.47 Å². The first-order valence-corrected chi connectivity index (χ1v) is 7.88. The zero-order valence-corrected chi connectivity index (χ0v) is 12.9. The molecule has 0 aliphatic carbocycles. The number of hydrogen-bond acceptors (Lipinski definition) is 4. The van der Waals surface area contributed by atoms with Crippen LogP contribution in [0.2, 0.25) is 0 Å². The van der Waals surface area contributed by atoms with Gasteiger partial charge in [0.05, 0.1) is 14.2 Å². The van der Waals surface area contributed by atoms with Crippen LogP contribution in [0.15, 0.2) is 18.2 Å². The molecule has 5 nitrogen and oxygen atoms in total. The lowest BCUT2D eigenvalue weighted by atomic mass is 10.2. The summed E-state index contributed by atoms with van der Waals surface area (Å²) < 4.78 is 34.7. The van der Waals surface area contributed by atoms with Crippen LogP contribution in [-0.2, 0) is 16.6 Å². The van der Waals surface area contributed by atoms with E-state index in [1.807, 2.05) is 6.07 Å². The van der Waals surface area contributed by atoms with Gasteiger partial charge in [0.2, 0.25) is 10.0 Å². The lowest BCUT2D eigenvalue weighted by Crippen LogP contribution is -2.27. The van der Waals surface area contributed by atoms with Crippen LogP contribution >= 0.6 is 15.9 Å². The largest absolute Gasteiger partial charge is 0.493 e. The van der Waals surface area contributed by atoms with E-state index in [0.29, 0.717) is 11.5 Å². The van der Waals surface area contributed by atoms with Crippen molar-refractivity contribution in [1.29, 1.82) is 0 Å². The van der Waals surface area contributed by atoms with Crippen molar-refractivity contribution in [2.75, 3.05) is 25.9 Å². The summed E-state index contributed by atoms with van der Waals surface area (Å²) in [5, 5.41) is 0. The summed E-state index contributed by atoms with van der Waals surface area (Å²) in [5.41, 5.74) is 0.833. The van der Waals surface area contributed by atoms with E-state index >= 15 is 0 Å². The van der Waals surface area contributed by atoms with E-state index in [1.54, 1.807) is 26.4 Å². The number of methoxy groups -OCH3 is 2. The van der Waals surface area contributed by atoms with E-state index in [1.165, 1.54) is 11.4 Å². The second-order valence-corrected chi connectivity index (χ2v) is 7.05. The molecule has 0 bridgehead atoms. The van der Waals surface area contributed by atoms with Gasteiger partial charge in [-0.1, -0.05) is 22.0 Å². The first-order valence-electron chi connectivity index (χ1n) is 5.15. The molecular formula is C11H16BrNO4S. The lowest BCUT2D eigenvalue weighted by Gasteiger charge is -2.16. The summed E-state index contributed by atoms with van der Waals surface area (Å²) >= 11 is 2.96. The number of ether oxygens (including phenoxy) is 2. The van der Waals surface area contributed by atoms with Gasteiger partial charge in [-0.2, -0.15) is 4.31 Å². The van der Waals surface area contributed by atoms with Gasteiger partial charge in [0.15, 0.2) is 11.5 Å². The average molecular weight is 338 g/mol. The third kappa shape index (κ3) is 3.60. The van der Waals surface area contributed by atoms with Gasteiger partial charge in [-0.15, -0.1) is 0 Å². The monoisotopic (exact) mass is 337 g/mol. The molecule has 1 aromatic rings. The van der Waals surface area contributed by atoms with Crippen LogP contribution < -0.4 is 9.47 Å². The summed E-state index contributed by atoms with van der Waals surface area (Å²) in [5.74, 6) is 1.20. The van der Waals surface area contributed by atoms with Crippen molar-refractivity contribution in [2.24, 2.45) is 0 Å². The highest BCUT2D eigenvalue weighted by Crippen LogP contribution is 2.28. The minimum absolute atomic E-state index is 0.0935. The molecule has 0 fully saturated rings. The van der Waals surface area contributed by atoms with Gasteiger partial charge in [-0.25, -0.2) is 8.42 Å². The highest BCUT2D eigenvalue weighted by molar-refractivity contribution is 9.10. The van der Waals surface area contributed by atoms with E-state index in [4.69, 9.17) is 9.47 Å². The Bertz CT molecular complexity index is 504. The molecule has 0 atom stereocenters. The maximum atomic E-state index is 11.6. The Morgan fingerprint density at radius 2 is 1.83 bits per heavy atom. The molecule has 0 saturated heterocycles. The van der Waals surface area contributed by atoms with E-state index in [2.05, 4.69) is 15.9 Å². The third-order valence-electron chi connectivity index (χ3n) is 2.47. The van der Waals surface area contributed by atoms with Crippen LogP contribution in [0.1, 0.15) is 5.56 Å². The highest BCUT2D eigenvalue weighted by atomic mass is 79.9. The Labute approximate surface area is 116 Å². The summed E-state index contributed by atoms with van der Waals surface area (Å²) in [4.78, 5) is 0. The Hall–Kier alpha value is -0.790. The van der Waals surface area contributed by atoms with Crippen molar-refractivity contribution in [1.82, 2.24) is 4.31 Å². The summed E-state index contributed by atoms with van der Waals surface area (Å²) in [6.07, 6.45) is 0. The van der Waals surface area contributed by atoms with Crippen LogP contribution in [0.3, 0.4) is 0 Å². The van der Waals surface area contributed by atoms with Gasteiger partial charge in [-0.3, -0.25) is 0 Å². The predicted octanol–water partition coefficient (Wildman–Crippen LogP) is 1.82. The standard InChI is InChI=1S/C11H16BrNO4S/c1-13(18(14,15)8-12)7-9-4-5-10(16-2)11(6-9)17-3/h4-6H,7-8H2,1-3H3. The zero-order chi connectivity index (χ0) is 13.8. The minimum atomic E-state index is -3.25. The molecule has 0 spiro atoms. The number of sulfonamides is 1. The molecule has 0 radical (unpaired) electrons. The van der Waals surface area contributed by atoms with Gasteiger partial charge in [0.25, 0.3) is 0 Å². The molecular weight excluding hydrogens is 322 g/mol. The molecule has 1 aromatic carbocycles. The second kappa shape index (κ2) is 6.40. The fraction of sp³-hybridized carbons (Fsp3) is 0.455. The average Bonchev–Trinajstić information content (AvgIpc) is 2.38. The smallest absolute Gasteiger partial charge is 0.224 e. The maximum Gasteiger partial charge on any atom is 0.224 e. The van der Waals surface area contributed by atoms with E-state index in [-0.39, 0.29) is 11.2 Å². The van der Waals surface area contributed by atoms with Crippen LogP contribution in [0.25, 0.3) is 0 Å². The SMILES string of the molecule is COc1ccc(CN(C)S(=O)(=O)CBr)cc1OC. The molecule has 0 aliphatic heterocycles. The number of halogens is 1. The van der Waals surface area contributed by atoms with E-state index in [0.717, 1.165) is 5.56 Å². The van der Waals surface area contributed by atoms with Crippen LogP contribution in [0.5, 0.6) is 11.5 Å². The van der Waals surface area contributed by atoms with Gasteiger partial charge in [-0.05, 0) is 17.7 Å². The molecule has 18 heavy (non-hydrogen) atoms. The molecule has 0 aliphatic rings. The van der Waals surface area contributed by atoms with Crippen LogP contribution in [0, 0.1) is 0 Å². The minimum Gasteiger partial charge on any atom is -0.493 e. The predicted molar refractivity (Wildman–Crippen MR) is 73.7 cm³/mol. The van der Waals surface area contributed by atoms with Crippen molar-refractivity contribution < 1.29 is 17.9 Å². The molecule has 0 aromatic heterocycles. The normalized spacial score (nSPS) is 11.6. The highest BCUT2D eigenvalue weighted by Gasteiger charge is 2.16. The van der Waals surface area contributed by atoms with Gasteiger partial charge in [0, 0.05) is 13.6 Å². The second-order valence-electron chi connectivity index (χ2n) is 3.67. The number of benzene rings is 1. The number of hydrogen-bond donors (Lipinski definition) is 0. The molecule has 0 heterocycles. The molecule has 0 N–H and O–H groups in total. The van der Waals surface area contributed by atoms with Crippen molar-refractivity contribution >= 4 is 26.0 Å². The molecule has 0 unspecified atom stereocenters. The topological polar surface area (TPSA) is 55.8 Å². The fourth-order valence-electron chi connectivity index (χ4n) is 1.42. The van der Waals surface area contributed by atoms with Crippen molar-refractivity contribution in [2.45, 2.75) is 6.54 Å². The van der Waals surface area contributed by atoms with Crippen molar-refractivity contribution in [3.63, 3.8) is 0 Å². The van der Waals surface area contributed by atoms with E-state index in [9.17, 15) is 8.42 Å². The fourth-order valence-corrected chi connectivity index (χ4v) is 2.98. The Balaban J connectivity index is 2.92. The number of rotatable bonds is 6. The van der Waals surface area contributed by atoms with Crippen LogP contribution in [0.4, 0.5) is 0 Å². The maximum absolute atomic E-state index is 11.6. The molecule has 0 saturated carbocycles. The molecule has 7 heteroatoms. The molecule has 0 amide bonds. The number of nitrogens with zero attached hydrogens (tertiary/aromatic N) is 1. The van der Waals surface area contributed by atoms with Crippen molar-refractivity contribution in [3.8, 4) is 11.5 Å². The van der Waals surface area contributed by atoms with Gasteiger partial charge in [0.1, 0.15) is 4.66 Å². The molecule has 1 rings (SSSR count). The van der Waals surface area contributed by atoms with E-state index < -0.39 is 10.0 Å². The lowest BCUT2D eigenvalue weighted by molar-refractivity contribution is 0.354. The summed E-state index contributed by atoms with van der Waals surface area (Å²) in [7, 11) is 1.38. The first-order chi connectivity index (χ1) is 8.44. The Kier molecular flexibility index (Phi) is 5.43. The van der Waals surface area contributed by atoms with Crippen molar-refractivity contribution in [3.05, 3.63) is 23.8 Å². The van der Waals surface area contributed by atoms with Gasteiger partial charge >= 0.3 is 0 Å². The molecule has 102 valence electrons. The number of alkyl halides is 1. The summed E-state index contributed by atoms with van der Waals surface area (Å²) in [6, 6.07) is 5.32. The Morgan fingerprint density at radius 3 is 2.33 bits per heavy atom. The quantitative estimate of drug-likeness (QED) is 0.743.